The van der Waals surface area contributed by atoms with Crippen LogP contribution >= 0.6 is 27.5 Å². The highest BCUT2D eigenvalue weighted by molar-refractivity contribution is 9.10. The van der Waals surface area contributed by atoms with E-state index in [4.69, 9.17) is 11.6 Å². The third-order valence-electron chi connectivity index (χ3n) is 3.80. The Labute approximate surface area is 135 Å². The Bertz CT molecular complexity index is 756. The van der Waals surface area contributed by atoms with Crippen LogP contribution in [0.25, 0.3) is 0 Å². The second-order valence-electron chi connectivity index (χ2n) is 5.04. The van der Waals surface area contributed by atoms with E-state index in [0.717, 1.165) is 15.7 Å². The largest absolute Gasteiger partial charge is 0.364 e. The minimum Gasteiger partial charge on any atom is -0.364 e. The van der Waals surface area contributed by atoms with Crippen molar-refractivity contribution in [1.29, 1.82) is 5.26 Å². The Hall–Kier alpha value is -1.57. The summed E-state index contributed by atoms with van der Waals surface area (Å²) < 4.78 is 14.6. The molecule has 2 nitrogen and oxygen atoms in total. The highest BCUT2D eigenvalue weighted by Crippen LogP contribution is 2.40. The Balaban J connectivity index is 2.03. The van der Waals surface area contributed by atoms with Crippen molar-refractivity contribution in [3.8, 4) is 6.07 Å². The molecule has 0 bridgehead atoms. The van der Waals surface area contributed by atoms with Crippen LogP contribution in [0.2, 0.25) is 5.02 Å². The minimum absolute atomic E-state index is 0.247. The number of rotatable bonds is 2. The fourth-order valence-electron chi connectivity index (χ4n) is 2.75. The van der Waals surface area contributed by atoms with Crippen LogP contribution in [0.15, 0.2) is 40.9 Å². The number of nitriles is 1. The average Bonchev–Trinajstić information content (AvgIpc) is 2.84. The second-order valence-corrected chi connectivity index (χ2v) is 6.30. The van der Waals surface area contributed by atoms with E-state index in [2.05, 4.69) is 27.3 Å². The first kappa shape index (κ1) is 14.4. The van der Waals surface area contributed by atoms with Crippen molar-refractivity contribution < 1.29 is 4.39 Å². The van der Waals surface area contributed by atoms with Gasteiger partial charge >= 0.3 is 0 Å². The van der Waals surface area contributed by atoms with E-state index >= 15 is 0 Å². The topological polar surface area (TPSA) is 35.8 Å². The second kappa shape index (κ2) is 5.32. The SMILES string of the molecule is N#CC1(Nc2ccc(Cl)c(Br)c2)CCc2c(F)cccc21. The zero-order valence-electron chi connectivity index (χ0n) is 11.0. The summed E-state index contributed by atoms with van der Waals surface area (Å²) in [6, 6.07) is 12.6. The summed E-state index contributed by atoms with van der Waals surface area (Å²) in [4.78, 5) is 0. The van der Waals surface area contributed by atoms with E-state index in [9.17, 15) is 9.65 Å². The summed E-state index contributed by atoms with van der Waals surface area (Å²) in [5, 5.41) is 13.5. The van der Waals surface area contributed by atoms with Crippen molar-refractivity contribution in [2.75, 3.05) is 5.32 Å². The van der Waals surface area contributed by atoms with Crippen molar-refractivity contribution in [3.63, 3.8) is 0 Å². The lowest BCUT2D eigenvalue weighted by atomic mass is 9.93. The Morgan fingerprint density at radius 3 is 2.86 bits per heavy atom. The van der Waals surface area contributed by atoms with E-state index in [-0.39, 0.29) is 5.82 Å². The highest BCUT2D eigenvalue weighted by Gasteiger charge is 2.40. The van der Waals surface area contributed by atoms with Gasteiger partial charge in [-0.05, 0) is 64.2 Å². The third-order valence-corrected chi connectivity index (χ3v) is 5.01. The molecule has 1 N–H and O–H groups in total. The molecule has 0 aliphatic heterocycles. The number of nitrogens with zero attached hydrogens (tertiary/aromatic N) is 1. The zero-order chi connectivity index (χ0) is 15.0. The first-order valence-corrected chi connectivity index (χ1v) is 7.65. The van der Waals surface area contributed by atoms with Gasteiger partial charge in [0.05, 0.1) is 11.1 Å². The van der Waals surface area contributed by atoms with Crippen molar-refractivity contribution in [2.45, 2.75) is 18.4 Å². The molecule has 1 aliphatic rings. The van der Waals surface area contributed by atoms with Crippen molar-refractivity contribution in [1.82, 2.24) is 0 Å². The molecule has 0 saturated heterocycles. The lowest BCUT2D eigenvalue weighted by Crippen LogP contribution is -2.31. The molecule has 0 radical (unpaired) electrons. The molecule has 2 aromatic rings. The minimum atomic E-state index is -0.898. The van der Waals surface area contributed by atoms with Crippen molar-refractivity contribution >= 4 is 33.2 Å². The molecule has 0 saturated carbocycles. The summed E-state index contributed by atoms with van der Waals surface area (Å²) >= 11 is 9.34. The number of fused-ring (bicyclic) bond motifs is 1. The van der Waals surface area contributed by atoms with Gasteiger partial charge in [-0.15, -0.1) is 0 Å². The highest BCUT2D eigenvalue weighted by atomic mass is 79.9. The Morgan fingerprint density at radius 2 is 2.14 bits per heavy atom. The molecule has 0 amide bonds. The number of benzene rings is 2. The molecule has 106 valence electrons. The maximum atomic E-state index is 13.9. The molecule has 1 aliphatic carbocycles. The molecule has 0 fully saturated rings. The maximum Gasteiger partial charge on any atom is 0.151 e. The van der Waals surface area contributed by atoms with Gasteiger partial charge in [0.15, 0.2) is 5.54 Å². The standard InChI is InChI=1S/C16H11BrClFN2/c17-13-8-10(4-5-14(13)18)21-16(9-20)7-6-11-12(16)2-1-3-15(11)19/h1-5,8,21H,6-7H2. The van der Waals surface area contributed by atoms with Crippen LogP contribution in [-0.4, -0.2) is 0 Å². The molecule has 21 heavy (non-hydrogen) atoms. The molecule has 1 atom stereocenters. The van der Waals surface area contributed by atoms with E-state index in [1.165, 1.54) is 6.07 Å². The quantitative estimate of drug-likeness (QED) is 0.811. The average molecular weight is 366 g/mol. The van der Waals surface area contributed by atoms with Crippen molar-refractivity contribution in [3.05, 3.63) is 62.8 Å². The van der Waals surface area contributed by atoms with E-state index in [1.54, 1.807) is 12.1 Å². The number of nitrogens with one attached hydrogen (secondary N) is 1. The molecule has 0 heterocycles. The molecule has 5 heteroatoms. The third kappa shape index (κ3) is 2.41. The van der Waals surface area contributed by atoms with Gasteiger partial charge in [0.25, 0.3) is 0 Å². The lowest BCUT2D eigenvalue weighted by Gasteiger charge is -2.25. The predicted molar refractivity (Wildman–Crippen MR) is 84.8 cm³/mol. The van der Waals surface area contributed by atoms with Crippen LogP contribution in [-0.2, 0) is 12.0 Å². The molecule has 2 aromatic carbocycles. The monoisotopic (exact) mass is 364 g/mol. The van der Waals surface area contributed by atoms with Crippen LogP contribution in [0.4, 0.5) is 10.1 Å². The molecule has 0 aromatic heterocycles. The number of halogens is 3. The van der Waals surface area contributed by atoms with Gasteiger partial charge in [-0.25, -0.2) is 4.39 Å². The fraction of sp³-hybridized carbons (Fsp3) is 0.188. The summed E-state index contributed by atoms with van der Waals surface area (Å²) in [5.74, 6) is -0.247. The molecule has 3 rings (SSSR count). The molecule has 1 unspecified atom stereocenters. The van der Waals surface area contributed by atoms with Gasteiger partial charge in [-0.2, -0.15) is 5.26 Å². The fourth-order valence-corrected chi connectivity index (χ4v) is 3.25. The van der Waals surface area contributed by atoms with E-state index in [1.807, 2.05) is 18.2 Å². The first-order valence-electron chi connectivity index (χ1n) is 6.48. The maximum absolute atomic E-state index is 13.9. The van der Waals surface area contributed by atoms with Crippen LogP contribution in [0, 0.1) is 17.1 Å². The predicted octanol–water partition coefficient (Wildman–Crippen LogP) is 5.02. The Kier molecular flexibility index (Phi) is 3.64. The summed E-state index contributed by atoms with van der Waals surface area (Å²) in [7, 11) is 0. The van der Waals surface area contributed by atoms with E-state index < -0.39 is 5.54 Å². The van der Waals surface area contributed by atoms with Crippen LogP contribution < -0.4 is 5.32 Å². The Morgan fingerprint density at radius 1 is 1.33 bits per heavy atom. The molecular formula is C16H11BrClFN2. The first-order chi connectivity index (χ1) is 10.1. The molecule has 0 spiro atoms. The van der Waals surface area contributed by atoms with Crippen LogP contribution in [0.1, 0.15) is 17.5 Å². The zero-order valence-corrected chi connectivity index (χ0v) is 13.3. The normalized spacial score (nSPS) is 19.9. The van der Waals surface area contributed by atoms with Gasteiger partial charge in [0.1, 0.15) is 5.82 Å². The van der Waals surface area contributed by atoms with Gasteiger partial charge in [-0.1, -0.05) is 23.7 Å². The van der Waals surface area contributed by atoms with Gasteiger partial charge < -0.3 is 5.32 Å². The smallest absolute Gasteiger partial charge is 0.151 e. The van der Waals surface area contributed by atoms with Gasteiger partial charge in [0, 0.05) is 10.2 Å². The summed E-state index contributed by atoms with van der Waals surface area (Å²) in [6.45, 7) is 0. The summed E-state index contributed by atoms with van der Waals surface area (Å²) in [5.41, 5.74) is 1.21. The molecular weight excluding hydrogens is 355 g/mol. The lowest BCUT2D eigenvalue weighted by molar-refractivity contribution is 0.609. The number of anilines is 1. The van der Waals surface area contributed by atoms with Crippen LogP contribution in [0.3, 0.4) is 0 Å². The number of hydrogen-bond acceptors (Lipinski definition) is 2. The van der Waals surface area contributed by atoms with Gasteiger partial charge in [0.2, 0.25) is 0 Å². The van der Waals surface area contributed by atoms with Crippen LogP contribution in [0.5, 0.6) is 0 Å². The summed E-state index contributed by atoms with van der Waals surface area (Å²) in [6.07, 6.45) is 1.09. The van der Waals surface area contributed by atoms with Gasteiger partial charge in [-0.3, -0.25) is 0 Å². The van der Waals surface area contributed by atoms with E-state index in [0.29, 0.717) is 23.4 Å². The number of hydrogen-bond donors (Lipinski definition) is 1. The van der Waals surface area contributed by atoms with Crippen molar-refractivity contribution in [2.24, 2.45) is 0 Å².